The first-order valence-corrected chi connectivity index (χ1v) is 5.19. The maximum atomic E-state index is 5.94. The van der Waals surface area contributed by atoms with Crippen molar-refractivity contribution in [3.63, 3.8) is 0 Å². The molecule has 76 valence electrons. The Hall–Kier alpha value is -0.730. The van der Waals surface area contributed by atoms with E-state index < -0.39 is 0 Å². The van der Waals surface area contributed by atoms with Gasteiger partial charge in [-0.05, 0) is 32.0 Å². The molecule has 2 nitrogen and oxygen atoms in total. The molecular weight excluding hydrogens is 198 g/mol. The fourth-order valence-corrected chi connectivity index (χ4v) is 2.30. The Morgan fingerprint density at radius 2 is 2.21 bits per heavy atom. The summed E-state index contributed by atoms with van der Waals surface area (Å²) >= 11 is 5.94. The molecule has 1 aliphatic rings. The standard InChI is InChI=1S/C11H14ClNO/c1-6(13)11-7(2)14-10-4-3-8(12)5-9(10)11/h3-7,11H,13H2,1-2H3. The van der Waals surface area contributed by atoms with Crippen molar-refractivity contribution in [1.29, 1.82) is 0 Å². The highest BCUT2D eigenvalue weighted by atomic mass is 35.5. The van der Waals surface area contributed by atoms with E-state index in [0.717, 1.165) is 16.3 Å². The number of nitrogens with two attached hydrogens (primary N) is 1. The molecule has 1 aromatic rings. The lowest BCUT2D eigenvalue weighted by molar-refractivity contribution is 0.215. The minimum absolute atomic E-state index is 0.0877. The van der Waals surface area contributed by atoms with Gasteiger partial charge in [-0.2, -0.15) is 0 Å². The highest BCUT2D eigenvalue weighted by molar-refractivity contribution is 6.30. The number of halogens is 1. The highest BCUT2D eigenvalue weighted by Crippen LogP contribution is 2.40. The van der Waals surface area contributed by atoms with Gasteiger partial charge in [0.15, 0.2) is 0 Å². The average Bonchev–Trinajstić information content (AvgIpc) is 2.40. The fourth-order valence-electron chi connectivity index (χ4n) is 2.12. The molecule has 14 heavy (non-hydrogen) atoms. The van der Waals surface area contributed by atoms with E-state index in [9.17, 15) is 0 Å². The number of rotatable bonds is 1. The van der Waals surface area contributed by atoms with Gasteiger partial charge in [0.25, 0.3) is 0 Å². The van der Waals surface area contributed by atoms with Gasteiger partial charge in [0.05, 0.1) is 0 Å². The third kappa shape index (κ3) is 1.49. The van der Waals surface area contributed by atoms with E-state index in [2.05, 4.69) is 0 Å². The lowest BCUT2D eigenvalue weighted by atomic mass is 9.90. The lowest BCUT2D eigenvalue weighted by Crippen LogP contribution is -2.30. The van der Waals surface area contributed by atoms with E-state index >= 15 is 0 Å². The van der Waals surface area contributed by atoms with Gasteiger partial charge in [0.2, 0.25) is 0 Å². The van der Waals surface area contributed by atoms with Gasteiger partial charge < -0.3 is 10.5 Å². The van der Waals surface area contributed by atoms with Crippen molar-refractivity contribution in [1.82, 2.24) is 0 Å². The summed E-state index contributed by atoms with van der Waals surface area (Å²) in [5.74, 6) is 1.17. The molecule has 0 radical (unpaired) electrons. The molecule has 0 fully saturated rings. The van der Waals surface area contributed by atoms with Crippen molar-refractivity contribution in [2.24, 2.45) is 5.73 Å². The quantitative estimate of drug-likeness (QED) is 0.775. The van der Waals surface area contributed by atoms with Crippen LogP contribution in [0.15, 0.2) is 18.2 Å². The molecule has 1 aromatic carbocycles. The minimum atomic E-state index is 0.0877. The number of hydrogen-bond donors (Lipinski definition) is 1. The smallest absolute Gasteiger partial charge is 0.123 e. The fraction of sp³-hybridized carbons (Fsp3) is 0.455. The average molecular weight is 212 g/mol. The summed E-state index contributed by atoms with van der Waals surface area (Å²) in [5, 5.41) is 0.743. The van der Waals surface area contributed by atoms with Crippen LogP contribution >= 0.6 is 11.6 Å². The van der Waals surface area contributed by atoms with Crippen LogP contribution in [0.2, 0.25) is 5.02 Å². The van der Waals surface area contributed by atoms with Crippen LogP contribution in [0.25, 0.3) is 0 Å². The number of ether oxygens (including phenoxy) is 1. The van der Waals surface area contributed by atoms with Gasteiger partial charge >= 0.3 is 0 Å². The molecule has 3 unspecified atom stereocenters. The Morgan fingerprint density at radius 1 is 1.50 bits per heavy atom. The van der Waals surface area contributed by atoms with Crippen LogP contribution in [0.3, 0.4) is 0 Å². The lowest BCUT2D eigenvalue weighted by Gasteiger charge is -2.18. The predicted octanol–water partition coefficient (Wildman–Crippen LogP) is 2.55. The van der Waals surface area contributed by atoms with Crippen LogP contribution in [-0.4, -0.2) is 12.1 Å². The molecule has 1 aliphatic heterocycles. The molecule has 0 spiro atoms. The van der Waals surface area contributed by atoms with Crippen molar-refractivity contribution in [3.05, 3.63) is 28.8 Å². The molecule has 2 rings (SSSR count). The SMILES string of the molecule is CC(N)C1c2cc(Cl)ccc2OC1C. The maximum absolute atomic E-state index is 5.94. The molecule has 2 N–H and O–H groups in total. The highest BCUT2D eigenvalue weighted by Gasteiger charge is 2.33. The van der Waals surface area contributed by atoms with Gasteiger partial charge in [-0.25, -0.2) is 0 Å². The molecule has 0 saturated heterocycles. The summed E-state index contributed by atoms with van der Waals surface area (Å²) in [6.07, 6.45) is 0.142. The minimum Gasteiger partial charge on any atom is -0.490 e. The Morgan fingerprint density at radius 3 is 2.86 bits per heavy atom. The van der Waals surface area contributed by atoms with Crippen LogP contribution in [0.4, 0.5) is 0 Å². The van der Waals surface area contributed by atoms with Gasteiger partial charge in [-0.1, -0.05) is 11.6 Å². The number of hydrogen-bond acceptors (Lipinski definition) is 2. The van der Waals surface area contributed by atoms with Crippen LogP contribution in [0, 0.1) is 0 Å². The summed E-state index contributed by atoms with van der Waals surface area (Å²) < 4.78 is 5.70. The zero-order valence-electron chi connectivity index (χ0n) is 8.33. The van der Waals surface area contributed by atoms with Crippen LogP contribution in [0.5, 0.6) is 5.75 Å². The number of benzene rings is 1. The monoisotopic (exact) mass is 211 g/mol. The molecule has 0 aliphatic carbocycles. The first kappa shape index (κ1) is 9.81. The molecule has 1 heterocycles. The predicted molar refractivity (Wildman–Crippen MR) is 57.9 cm³/mol. The van der Waals surface area contributed by atoms with E-state index in [1.165, 1.54) is 0 Å². The Kier molecular flexibility index (Phi) is 2.41. The number of fused-ring (bicyclic) bond motifs is 1. The Labute approximate surface area is 89.0 Å². The van der Waals surface area contributed by atoms with E-state index in [0.29, 0.717) is 0 Å². The van der Waals surface area contributed by atoms with E-state index in [1.54, 1.807) is 0 Å². The van der Waals surface area contributed by atoms with Crippen LogP contribution in [-0.2, 0) is 0 Å². The normalized spacial score (nSPS) is 26.9. The van der Waals surface area contributed by atoms with Crippen molar-refractivity contribution >= 4 is 11.6 Å². The molecule has 0 aromatic heterocycles. The van der Waals surface area contributed by atoms with Crippen molar-refractivity contribution in [2.75, 3.05) is 0 Å². The van der Waals surface area contributed by atoms with Gasteiger partial charge in [-0.3, -0.25) is 0 Å². The second kappa shape index (κ2) is 3.44. The van der Waals surface area contributed by atoms with E-state index in [4.69, 9.17) is 22.1 Å². The van der Waals surface area contributed by atoms with Crippen molar-refractivity contribution in [2.45, 2.75) is 31.9 Å². The van der Waals surface area contributed by atoms with E-state index in [-0.39, 0.29) is 18.1 Å². The molecular formula is C11H14ClNO. The zero-order valence-corrected chi connectivity index (χ0v) is 9.08. The van der Waals surface area contributed by atoms with Gasteiger partial charge in [0, 0.05) is 22.5 Å². The largest absolute Gasteiger partial charge is 0.490 e. The van der Waals surface area contributed by atoms with Crippen molar-refractivity contribution in [3.8, 4) is 5.75 Å². The first-order valence-electron chi connectivity index (χ1n) is 4.81. The zero-order chi connectivity index (χ0) is 10.3. The molecule has 0 bridgehead atoms. The Balaban J connectivity index is 2.44. The third-order valence-corrected chi connectivity index (χ3v) is 2.95. The van der Waals surface area contributed by atoms with Crippen LogP contribution < -0.4 is 10.5 Å². The van der Waals surface area contributed by atoms with Crippen molar-refractivity contribution < 1.29 is 4.74 Å². The first-order chi connectivity index (χ1) is 6.59. The summed E-state index contributed by atoms with van der Waals surface area (Å²) in [5.41, 5.74) is 7.07. The Bertz CT molecular complexity index is 351. The molecule has 0 amide bonds. The molecule has 3 heteroatoms. The van der Waals surface area contributed by atoms with Gasteiger partial charge in [0.1, 0.15) is 11.9 Å². The topological polar surface area (TPSA) is 35.2 Å². The van der Waals surface area contributed by atoms with Gasteiger partial charge in [-0.15, -0.1) is 0 Å². The summed E-state index contributed by atoms with van der Waals surface area (Å²) in [6.45, 7) is 4.04. The second-order valence-corrected chi connectivity index (χ2v) is 4.33. The maximum Gasteiger partial charge on any atom is 0.123 e. The summed E-state index contributed by atoms with van der Waals surface area (Å²) in [6, 6.07) is 5.80. The third-order valence-electron chi connectivity index (χ3n) is 2.72. The van der Waals surface area contributed by atoms with Crippen LogP contribution in [0.1, 0.15) is 25.3 Å². The molecule has 0 saturated carbocycles. The summed E-state index contributed by atoms with van der Waals surface area (Å²) in [7, 11) is 0. The molecule has 3 atom stereocenters. The second-order valence-electron chi connectivity index (χ2n) is 3.89. The summed E-state index contributed by atoms with van der Waals surface area (Å²) in [4.78, 5) is 0. The van der Waals surface area contributed by atoms with E-state index in [1.807, 2.05) is 32.0 Å².